The fraction of sp³-hybridized carbons (Fsp3) is 0.200. The molecule has 0 aliphatic rings. The Bertz CT molecular complexity index is 1240. The molecule has 9 nitrogen and oxygen atoms in total. The van der Waals surface area contributed by atoms with Gasteiger partial charge in [0.05, 0.1) is 36.5 Å². The van der Waals surface area contributed by atoms with Crippen LogP contribution in [0, 0.1) is 36.5 Å². The number of anilines is 4. The van der Waals surface area contributed by atoms with Crippen LogP contribution in [0.25, 0.3) is 6.08 Å². The minimum absolute atomic E-state index is 0.0518. The molecule has 0 aliphatic heterocycles. The van der Waals surface area contributed by atoms with Crippen LogP contribution in [0.15, 0.2) is 48.7 Å². The zero-order valence-corrected chi connectivity index (χ0v) is 18.8. The fourth-order valence-electron chi connectivity index (χ4n) is 3.29. The summed E-state index contributed by atoms with van der Waals surface area (Å²) in [6, 6.07) is 14.7. The van der Waals surface area contributed by atoms with E-state index in [4.69, 9.17) is 20.4 Å². The molecule has 0 bridgehead atoms. The Kier molecular flexibility index (Phi) is 8.27. The van der Waals surface area contributed by atoms with Crippen molar-refractivity contribution in [3.63, 3.8) is 0 Å². The van der Waals surface area contributed by atoms with Crippen LogP contribution in [-0.2, 0) is 4.74 Å². The molecule has 0 spiro atoms. The molecule has 1 aromatic heterocycles. The topological polar surface area (TPSA) is 147 Å². The molecule has 34 heavy (non-hydrogen) atoms. The average molecular weight is 457 g/mol. The number of aryl methyl sites for hydroxylation is 2. The molecular weight excluding hydrogens is 432 g/mol. The van der Waals surface area contributed by atoms with Gasteiger partial charge in [-0.25, -0.2) is 4.98 Å². The summed E-state index contributed by atoms with van der Waals surface area (Å²) in [6.07, 6.45) is 3.24. The van der Waals surface area contributed by atoms with E-state index in [2.05, 4.69) is 26.7 Å². The number of allylic oxidation sites excluding steroid dienone is 1. The number of nitriles is 2. The highest BCUT2D eigenvalue weighted by Gasteiger charge is 2.18. The van der Waals surface area contributed by atoms with E-state index in [-0.39, 0.29) is 19.2 Å². The molecule has 172 valence electrons. The monoisotopic (exact) mass is 456 g/mol. The summed E-state index contributed by atoms with van der Waals surface area (Å²) in [6.45, 7) is 3.56. The van der Waals surface area contributed by atoms with Crippen LogP contribution >= 0.6 is 0 Å². The highest BCUT2D eigenvalue weighted by Crippen LogP contribution is 2.31. The first-order valence-electron chi connectivity index (χ1n) is 10.4. The molecule has 0 amide bonds. The highest BCUT2D eigenvalue weighted by molar-refractivity contribution is 5.70. The van der Waals surface area contributed by atoms with Crippen LogP contribution < -0.4 is 10.6 Å². The largest absolute Gasteiger partial charge is 0.394 e. The molecule has 1 atom stereocenters. The molecule has 0 fully saturated rings. The van der Waals surface area contributed by atoms with Crippen LogP contribution in [0.1, 0.15) is 34.1 Å². The van der Waals surface area contributed by atoms with E-state index in [1.54, 1.807) is 30.3 Å². The highest BCUT2D eigenvalue weighted by atomic mass is 16.6. The summed E-state index contributed by atoms with van der Waals surface area (Å²) in [5.74, 6) is 0.595. The van der Waals surface area contributed by atoms with E-state index in [0.717, 1.165) is 22.4 Å². The van der Waals surface area contributed by atoms with Gasteiger partial charge >= 0.3 is 0 Å². The maximum Gasteiger partial charge on any atom is 0.229 e. The van der Waals surface area contributed by atoms with Crippen LogP contribution in [0.5, 0.6) is 0 Å². The predicted octanol–water partition coefficient (Wildman–Crippen LogP) is 3.99. The summed E-state index contributed by atoms with van der Waals surface area (Å²) in [4.78, 5) is 8.80. The standard InChI is InChI=1S/C25H24N6O3/c1-16-12-19(4-3-9-26)13-17(2)22(16)30-23-21(24(33)34-11-10-32)15-28-25(31-23)29-20-7-5-18(14-27)6-8-20/h3-8,12-13,15,24,32-33H,10-11H2,1-2H3,(H2,28,29,30,31)/b4-3+. The van der Waals surface area contributed by atoms with Crippen molar-refractivity contribution in [2.75, 3.05) is 23.8 Å². The molecule has 4 N–H and O–H groups in total. The van der Waals surface area contributed by atoms with Gasteiger partial charge in [0.1, 0.15) is 5.82 Å². The Labute approximate surface area is 197 Å². The molecule has 0 saturated heterocycles. The second kappa shape index (κ2) is 11.5. The Morgan fingerprint density at radius 2 is 1.82 bits per heavy atom. The Hall–Kier alpha value is -4.28. The zero-order valence-electron chi connectivity index (χ0n) is 18.8. The average Bonchev–Trinajstić information content (AvgIpc) is 2.84. The first kappa shape index (κ1) is 24.4. The van der Waals surface area contributed by atoms with Crippen molar-refractivity contribution in [1.29, 1.82) is 10.5 Å². The predicted molar refractivity (Wildman–Crippen MR) is 128 cm³/mol. The number of benzene rings is 2. The minimum Gasteiger partial charge on any atom is -0.394 e. The molecule has 0 aliphatic carbocycles. The second-order valence-corrected chi connectivity index (χ2v) is 7.38. The summed E-state index contributed by atoms with van der Waals surface area (Å²) in [5.41, 5.74) is 5.02. The SMILES string of the molecule is Cc1cc(/C=C/C#N)cc(C)c1Nc1nc(Nc2ccc(C#N)cc2)ncc1C(O)OCCO. The van der Waals surface area contributed by atoms with Gasteiger partial charge in [-0.3, -0.25) is 0 Å². The first-order chi connectivity index (χ1) is 16.4. The summed E-state index contributed by atoms with van der Waals surface area (Å²) >= 11 is 0. The number of ether oxygens (including phenoxy) is 1. The lowest BCUT2D eigenvalue weighted by Gasteiger charge is -2.19. The maximum atomic E-state index is 10.5. The van der Waals surface area contributed by atoms with E-state index < -0.39 is 6.29 Å². The lowest BCUT2D eigenvalue weighted by atomic mass is 10.0. The van der Waals surface area contributed by atoms with Crippen LogP contribution in [0.3, 0.4) is 0 Å². The second-order valence-electron chi connectivity index (χ2n) is 7.38. The van der Waals surface area contributed by atoms with Gasteiger partial charge in [-0.1, -0.05) is 0 Å². The van der Waals surface area contributed by atoms with E-state index in [9.17, 15) is 5.11 Å². The third kappa shape index (κ3) is 6.15. The van der Waals surface area contributed by atoms with Gasteiger partial charge in [-0.15, -0.1) is 0 Å². The number of aromatic nitrogens is 2. The Morgan fingerprint density at radius 1 is 1.12 bits per heavy atom. The molecule has 3 rings (SSSR count). The van der Waals surface area contributed by atoms with Crippen molar-refractivity contribution in [3.05, 3.63) is 76.5 Å². The van der Waals surface area contributed by atoms with Gasteiger partial charge < -0.3 is 25.6 Å². The van der Waals surface area contributed by atoms with Gasteiger partial charge in [0.25, 0.3) is 0 Å². The lowest BCUT2D eigenvalue weighted by molar-refractivity contribution is -0.110. The van der Waals surface area contributed by atoms with Crippen LogP contribution in [0.2, 0.25) is 0 Å². The summed E-state index contributed by atoms with van der Waals surface area (Å²) in [5, 5.41) is 43.6. The van der Waals surface area contributed by atoms with Gasteiger partial charge in [0, 0.05) is 23.6 Å². The van der Waals surface area contributed by atoms with Gasteiger partial charge in [0.2, 0.25) is 5.95 Å². The van der Waals surface area contributed by atoms with Crippen LogP contribution in [0.4, 0.5) is 23.1 Å². The third-order valence-corrected chi connectivity index (χ3v) is 4.87. The molecular formula is C25H24N6O3. The molecule has 9 heteroatoms. The van der Waals surface area contributed by atoms with Crippen molar-refractivity contribution < 1.29 is 14.9 Å². The van der Waals surface area contributed by atoms with Gasteiger partial charge in [-0.2, -0.15) is 15.5 Å². The molecule has 0 radical (unpaired) electrons. The Balaban J connectivity index is 1.97. The number of nitrogens with one attached hydrogen (secondary N) is 2. The fourth-order valence-corrected chi connectivity index (χ4v) is 3.29. The summed E-state index contributed by atoms with van der Waals surface area (Å²) < 4.78 is 5.26. The molecule has 2 aromatic carbocycles. The van der Waals surface area contributed by atoms with Crippen molar-refractivity contribution in [2.45, 2.75) is 20.1 Å². The number of hydrogen-bond acceptors (Lipinski definition) is 9. The first-order valence-corrected chi connectivity index (χ1v) is 10.4. The van der Waals surface area contributed by atoms with Gasteiger partial charge in [-0.05, 0) is 73.0 Å². The van der Waals surface area contributed by atoms with Crippen molar-refractivity contribution in [2.24, 2.45) is 0 Å². The zero-order chi connectivity index (χ0) is 24.5. The minimum atomic E-state index is -1.35. The number of nitrogens with zero attached hydrogens (tertiary/aromatic N) is 4. The number of hydrogen-bond donors (Lipinski definition) is 4. The smallest absolute Gasteiger partial charge is 0.229 e. The quantitative estimate of drug-likeness (QED) is 0.277. The van der Waals surface area contributed by atoms with Crippen molar-refractivity contribution in [3.8, 4) is 12.1 Å². The van der Waals surface area contributed by atoms with E-state index >= 15 is 0 Å². The van der Waals surface area contributed by atoms with Gasteiger partial charge in [0.15, 0.2) is 6.29 Å². The molecule has 1 heterocycles. The number of aliphatic hydroxyl groups excluding tert-OH is 2. The van der Waals surface area contributed by atoms with E-state index in [1.165, 1.54) is 12.3 Å². The molecule has 3 aromatic rings. The molecule has 1 unspecified atom stereocenters. The lowest BCUT2D eigenvalue weighted by Crippen LogP contribution is -2.12. The number of aliphatic hydroxyl groups is 2. The molecule has 0 saturated carbocycles. The Morgan fingerprint density at radius 3 is 2.44 bits per heavy atom. The number of rotatable bonds is 9. The summed E-state index contributed by atoms with van der Waals surface area (Å²) in [7, 11) is 0. The van der Waals surface area contributed by atoms with E-state index in [0.29, 0.717) is 22.6 Å². The normalized spacial score (nSPS) is 11.6. The van der Waals surface area contributed by atoms with Crippen LogP contribution in [-0.4, -0.2) is 33.4 Å². The van der Waals surface area contributed by atoms with E-state index in [1.807, 2.05) is 32.0 Å². The van der Waals surface area contributed by atoms with Crippen molar-refractivity contribution >= 4 is 29.2 Å². The van der Waals surface area contributed by atoms with Crippen molar-refractivity contribution in [1.82, 2.24) is 9.97 Å². The third-order valence-electron chi connectivity index (χ3n) is 4.87. The maximum absolute atomic E-state index is 10.5.